The summed E-state index contributed by atoms with van der Waals surface area (Å²) in [5.41, 5.74) is 0.0597. The molecule has 0 aromatic heterocycles. The average molecular weight is 358 g/mol. The first-order valence-corrected chi connectivity index (χ1v) is 8.21. The summed E-state index contributed by atoms with van der Waals surface area (Å²) in [6.07, 6.45) is -0.338. The molecule has 1 unspecified atom stereocenters. The van der Waals surface area contributed by atoms with Gasteiger partial charge in [-0.25, -0.2) is 9.18 Å². The minimum atomic E-state index is -0.535. The second kappa shape index (κ2) is 8.30. The molecule has 2 amide bonds. The number of anilines is 1. The fraction of sp³-hybridized carbons (Fsp3) is 0.500. The van der Waals surface area contributed by atoms with Crippen molar-refractivity contribution in [2.75, 3.05) is 38.1 Å². The van der Waals surface area contributed by atoms with Crippen LogP contribution in [0, 0.1) is 5.82 Å². The monoisotopic (exact) mass is 357 g/mol. The van der Waals surface area contributed by atoms with Gasteiger partial charge >= 0.3 is 6.09 Å². The highest BCUT2D eigenvalue weighted by Crippen LogP contribution is 2.20. The highest BCUT2D eigenvalue weighted by atomic mass is 35.5. The molecule has 8 heteroatoms. The third-order valence-electron chi connectivity index (χ3n) is 3.95. The van der Waals surface area contributed by atoms with E-state index in [2.05, 4.69) is 5.32 Å². The second-order valence-corrected chi connectivity index (χ2v) is 5.95. The fourth-order valence-electron chi connectivity index (χ4n) is 2.50. The first-order valence-electron chi connectivity index (χ1n) is 7.84. The molecule has 6 nitrogen and oxygen atoms in total. The zero-order valence-corrected chi connectivity index (χ0v) is 14.5. The standard InChI is InChI=1S/C16H21ClFN3O3/c1-3-24-16(23)21-8-6-20(7-9-21)11(2)15(22)19-14-10-12(17)4-5-13(14)18/h4-5,10-11H,3,6-9H2,1-2H3,(H,19,22). The lowest BCUT2D eigenvalue weighted by molar-refractivity contribution is -0.121. The van der Waals surface area contributed by atoms with Crippen LogP contribution >= 0.6 is 11.6 Å². The highest BCUT2D eigenvalue weighted by Gasteiger charge is 2.28. The largest absolute Gasteiger partial charge is 0.450 e. The number of halogens is 2. The number of benzene rings is 1. The lowest BCUT2D eigenvalue weighted by Crippen LogP contribution is -2.54. The Morgan fingerprint density at radius 1 is 1.33 bits per heavy atom. The van der Waals surface area contributed by atoms with E-state index in [9.17, 15) is 14.0 Å². The summed E-state index contributed by atoms with van der Waals surface area (Å²) in [6.45, 7) is 5.91. The van der Waals surface area contributed by atoms with Gasteiger partial charge in [0.1, 0.15) is 5.82 Å². The molecule has 0 radical (unpaired) electrons. The lowest BCUT2D eigenvalue weighted by Gasteiger charge is -2.36. The maximum atomic E-state index is 13.7. The summed E-state index contributed by atoms with van der Waals surface area (Å²) in [5.74, 6) is -0.854. The highest BCUT2D eigenvalue weighted by molar-refractivity contribution is 6.30. The number of hydrogen-bond acceptors (Lipinski definition) is 4. The van der Waals surface area contributed by atoms with Gasteiger partial charge in [-0.2, -0.15) is 0 Å². The van der Waals surface area contributed by atoms with Gasteiger partial charge in [-0.1, -0.05) is 11.6 Å². The molecule has 132 valence electrons. The van der Waals surface area contributed by atoms with Gasteiger partial charge < -0.3 is 15.0 Å². The van der Waals surface area contributed by atoms with E-state index in [1.54, 1.807) is 18.7 Å². The number of amides is 2. The number of rotatable bonds is 4. The van der Waals surface area contributed by atoms with Crippen LogP contribution in [0.3, 0.4) is 0 Å². The summed E-state index contributed by atoms with van der Waals surface area (Å²) in [6, 6.07) is 3.55. The van der Waals surface area contributed by atoms with E-state index in [1.807, 2.05) is 4.90 Å². The summed E-state index contributed by atoms with van der Waals surface area (Å²) < 4.78 is 18.7. The van der Waals surface area contributed by atoms with Crippen LogP contribution in [0.25, 0.3) is 0 Å². The van der Waals surface area contributed by atoms with Crippen molar-refractivity contribution in [1.29, 1.82) is 0 Å². The van der Waals surface area contributed by atoms with Crippen molar-refractivity contribution in [3.05, 3.63) is 29.0 Å². The van der Waals surface area contributed by atoms with E-state index in [4.69, 9.17) is 16.3 Å². The Morgan fingerprint density at radius 2 is 2.00 bits per heavy atom. The van der Waals surface area contributed by atoms with E-state index in [0.717, 1.165) is 0 Å². The lowest BCUT2D eigenvalue weighted by atomic mass is 10.2. The van der Waals surface area contributed by atoms with Crippen LogP contribution in [0.4, 0.5) is 14.9 Å². The van der Waals surface area contributed by atoms with Crippen LogP contribution in [0.1, 0.15) is 13.8 Å². The number of nitrogens with zero attached hydrogens (tertiary/aromatic N) is 2. The Morgan fingerprint density at radius 3 is 2.62 bits per heavy atom. The molecule has 24 heavy (non-hydrogen) atoms. The Labute approximate surface area is 145 Å². The van der Waals surface area contributed by atoms with E-state index in [1.165, 1.54) is 18.2 Å². The molecule has 0 aliphatic carbocycles. The van der Waals surface area contributed by atoms with E-state index in [0.29, 0.717) is 37.8 Å². The second-order valence-electron chi connectivity index (χ2n) is 5.51. The third-order valence-corrected chi connectivity index (χ3v) is 4.19. The number of carbonyl (C=O) groups excluding carboxylic acids is 2. The molecule has 1 fully saturated rings. The molecule has 1 atom stereocenters. The number of nitrogens with one attached hydrogen (secondary N) is 1. The van der Waals surface area contributed by atoms with Gasteiger partial charge in [0.15, 0.2) is 0 Å². The van der Waals surface area contributed by atoms with Crippen LogP contribution in [-0.4, -0.2) is 60.6 Å². The van der Waals surface area contributed by atoms with Crippen molar-refractivity contribution in [1.82, 2.24) is 9.80 Å². The van der Waals surface area contributed by atoms with Crippen molar-refractivity contribution in [3.63, 3.8) is 0 Å². The molecule has 1 aliphatic rings. The molecular weight excluding hydrogens is 337 g/mol. The normalized spacial score (nSPS) is 16.6. The molecule has 1 saturated heterocycles. The molecule has 1 aromatic rings. The van der Waals surface area contributed by atoms with Crippen molar-refractivity contribution in [3.8, 4) is 0 Å². The fourth-order valence-corrected chi connectivity index (χ4v) is 2.67. The first-order chi connectivity index (χ1) is 11.4. The molecule has 1 aliphatic heterocycles. The maximum absolute atomic E-state index is 13.7. The summed E-state index contributed by atoms with van der Waals surface area (Å²) in [7, 11) is 0. The van der Waals surface area contributed by atoms with Crippen LogP contribution in [0.2, 0.25) is 5.02 Å². The van der Waals surface area contributed by atoms with Gasteiger partial charge in [-0.3, -0.25) is 9.69 Å². The van der Waals surface area contributed by atoms with Crippen molar-refractivity contribution < 1.29 is 18.7 Å². The topological polar surface area (TPSA) is 61.9 Å². The zero-order valence-electron chi connectivity index (χ0n) is 13.7. The number of piperazine rings is 1. The number of carbonyl (C=O) groups is 2. The molecule has 1 aromatic carbocycles. The van der Waals surface area contributed by atoms with E-state index < -0.39 is 11.9 Å². The van der Waals surface area contributed by atoms with E-state index in [-0.39, 0.29) is 17.7 Å². The molecule has 0 saturated carbocycles. The molecule has 1 N–H and O–H groups in total. The van der Waals surface area contributed by atoms with Gasteiger partial charge in [-0.05, 0) is 32.0 Å². The smallest absolute Gasteiger partial charge is 0.409 e. The summed E-state index contributed by atoms with van der Waals surface area (Å²) in [5, 5.41) is 2.91. The van der Waals surface area contributed by atoms with Crippen LogP contribution in [0.5, 0.6) is 0 Å². The van der Waals surface area contributed by atoms with Gasteiger partial charge in [0.05, 0.1) is 18.3 Å². The summed E-state index contributed by atoms with van der Waals surface area (Å²) >= 11 is 5.82. The van der Waals surface area contributed by atoms with Crippen molar-refractivity contribution in [2.45, 2.75) is 19.9 Å². The predicted octanol–water partition coefficient (Wildman–Crippen LogP) is 2.58. The Hall–Kier alpha value is -1.86. The third kappa shape index (κ3) is 4.58. The summed E-state index contributed by atoms with van der Waals surface area (Å²) in [4.78, 5) is 27.5. The molecule has 0 bridgehead atoms. The molecule has 2 rings (SSSR count). The maximum Gasteiger partial charge on any atom is 0.409 e. The Balaban J connectivity index is 1.90. The predicted molar refractivity (Wildman–Crippen MR) is 89.7 cm³/mol. The number of hydrogen-bond donors (Lipinski definition) is 1. The minimum absolute atomic E-state index is 0.0597. The van der Waals surface area contributed by atoms with Crippen LogP contribution in [0.15, 0.2) is 18.2 Å². The zero-order chi connectivity index (χ0) is 17.7. The molecule has 1 heterocycles. The van der Waals surface area contributed by atoms with Gasteiger partial charge in [-0.15, -0.1) is 0 Å². The average Bonchev–Trinajstić information content (AvgIpc) is 2.57. The quantitative estimate of drug-likeness (QED) is 0.899. The molecule has 0 spiro atoms. The Bertz CT molecular complexity index is 606. The van der Waals surface area contributed by atoms with Gasteiger partial charge in [0, 0.05) is 31.2 Å². The van der Waals surface area contributed by atoms with Crippen LogP contribution in [-0.2, 0) is 9.53 Å². The van der Waals surface area contributed by atoms with Crippen molar-refractivity contribution in [2.24, 2.45) is 0 Å². The molecular formula is C16H21ClFN3O3. The van der Waals surface area contributed by atoms with Gasteiger partial charge in [0.25, 0.3) is 0 Å². The Kier molecular flexibility index (Phi) is 6.39. The SMILES string of the molecule is CCOC(=O)N1CCN(C(C)C(=O)Nc2cc(Cl)ccc2F)CC1. The number of ether oxygens (including phenoxy) is 1. The minimum Gasteiger partial charge on any atom is -0.450 e. The van der Waals surface area contributed by atoms with E-state index >= 15 is 0 Å². The van der Waals surface area contributed by atoms with Crippen LogP contribution < -0.4 is 5.32 Å². The first kappa shape index (κ1) is 18.5. The van der Waals surface area contributed by atoms with Crippen molar-refractivity contribution >= 4 is 29.3 Å². The van der Waals surface area contributed by atoms with Gasteiger partial charge in [0.2, 0.25) is 5.91 Å².